The summed E-state index contributed by atoms with van der Waals surface area (Å²) in [6.45, 7) is 1.08. The molecular formula is C2H5FeNaO3. The summed E-state index contributed by atoms with van der Waals surface area (Å²) in [5, 5.41) is 7.42. The monoisotopic (exact) mass is 156 g/mol. The first-order valence-corrected chi connectivity index (χ1v) is 0.928. The maximum atomic E-state index is 9.00. The number of hydrogen-bond acceptors (Lipinski definition) is 2. The molecule has 0 aliphatic rings. The zero-order chi connectivity index (χ0) is 3.58. The fourth-order valence-corrected chi connectivity index (χ4v) is 0. The summed E-state index contributed by atoms with van der Waals surface area (Å²) < 4.78 is 0. The summed E-state index contributed by atoms with van der Waals surface area (Å²) in [5.41, 5.74) is 0. The number of carboxylic acid groups (broad SMARTS) is 1. The Morgan fingerprint density at radius 3 is 1.57 bits per heavy atom. The maximum Gasteiger partial charge on any atom is 1.00 e. The van der Waals surface area contributed by atoms with Crippen LogP contribution in [-0.2, 0) is 21.9 Å². The van der Waals surface area contributed by atoms with Crippen LogP contribution in [0.1, 0.15) is 6.92 Å². The van der Waals surface area contributed by atoms with E-state index < -0.39 is 5.97 Å². The van der Waals surface area contributed by atoms with E-state index in [9.17, 15) is 0 Å². The fraction of sp³-hybridized carbons (Fsp3) is 0.500. The van der Waals surface area contributed by atoms with E-state index in [-0.39, 0.29) is 52.1 Å². The smallest absolute Gasteiger partial charge is 0.870 e. The van der Waals surface area contributed by atoms with Crippen molar-refractivity contribution in [3.63, 3.8) is 0 Å². The maximum absolute atomic E-state index is 9.00. The van der Waals surface area contributed by atoms with Crippen molar-refractivity contribution in [1.29, 1.82) is 0 Å². The molecule has 0 saturated heterocycles. The van der Waals surface area contributed by atoms with Crippen molar-refractivity contribution >= 4 is 5.97 Å². The van der Waals surface area contributed by atoms with E-state index in [0.717, 1.165) is 6.92 Å². The van der Waals surface area contributed by atoms with Gasteiger partial charge in [0.2, 0.25) is 0 Å². The van der Waals surface area contributed by atoms with Crippen LogP contribution in [0.25, 0.3) is 0 Å². The number of hydrogen-bond donors (Lipinski definition) is 1. The van der Waals surface area contributed by atoms with Gasteiger partial charge >= 0.3 is 29.6 Å². The molecule has 0 aliphatic carbocycles. The number of rotatable bonds is 0. The van der Waals surface area contributed by atoms with Crippen molar-refractivity contribution in [1.82, 2.24) is 0 Å². The standard InChI is InChI=1S/C2H4O2.Fe.Na.H2O/c1-2(3)4;;;/h1H3,(H,3,4);;;1H2/q;;+1;/p-1. The van der Waals surface area contributed by atoms with Crippen LogP contribution in [0.3, 0.4) is 0 Å². The Kier molecular flexibility index (Phi) is 55.4. The van der Waals surface area contributed by atoms with Crippen molar-refractivity contribution < 1.29 is 62.0 Å². The number of carbonyl (C=O) groups is 1. The summed E-state index contributed by atoms with van der Waals surface area (Å²) in [7, 11) is 0. The molecule has 0 saturated carbocycles. The van der Waals surface area contributed by atoms with Gasteiger partial charge in [0.25, 0.3) is 5.97 Å². The quantitative estimate of drug-likeness (QED) is 0.378. The summed E-state index contributed by atoms with van der Waals surface area (Å²) in [6, 6.07) is 0. The third kappa shape index (κ3) is 189. The number of carboxylic acids is 1. The molecule has 0 amide bonds. The SMILES string of the molecule is CC(=O)O.[Fe].[Na+].[OH-]. The van der Waals surface area contributed by atoms with E-state index in [1.807, 2.05) is 0 Å². The van der Waals surface area contributed by atoms with E-state index >= 15 is 0 Å². The average molecular weight is 156 g/mol. The van der Waals surface area contributed by atoms with Gasteiger partial charge in [0.1, 0.15) is 0 Å². The molecule has 0 bridgehead atoms. The predicted molar refractivity (Wildman–Crippen MR) is 15.2 cm³/mol. The molecule has 5 heteroatoms. The largest absolute Gasteiger partial charge is 1.00 e. The van der Waals surface area contributed by atoms with Gasteiger partial charge in [-0.05, 0) is 0 Å². The Balaban J connectivity index is -0.0000000150. The minimum Gasteiger partial charge on any atom is -0.870 e. The van der Waals surface area contributed by atoms with Crippen molar-refractivity contribution in [2.24, 2.45) is 0 Å². The van der Waals surface area contributed by atoms with Crippen molar-refractivity contribution in [2.75, 3.05) is 0 Å². The van der Waals surface area contributed by atoms with E-state index in [1.165, 1.54) is 0 Å². The molecule has 2 N–H and O–H groups in total. The molecule has 0 unspecified atom stereocenters. The van der Waals surface area contributed by atoms with Gasteiger partial charge in [0.05, 0.1) is 0 Å². The Morgan fingerprint density at radius 1 is 1.57 bits per heavy atom. The van der Waals surface area contributed by atoms with Crippen LogP contribution < -0.4 is 29.6 Å². The second-order valence-corrected chi connectivity index (χ2v) is 0.519. The molecular weight excluding hydrogens is 151 g/mol. The van der Waals surface area contributed by atoms with Crippen LogP contribution in [0, 0.1) is 0 Å². The normalized spacial score (nSPS) is 3.57. The van der Waals surface area contributed by atoms with Crippen LogP contribution in [0.5, 0.6) is 0 Å². The summed E-state index contributed by atoms with van der Waals surface area (Å²) in [4.78, 5) is 9.00. The first-order chi connectivity index (χ1) is 1.73. The predicted octanol–water partition coefficient (Wildman–Crippen LogP) is -3.08. The van der Waals surface area contributed by atoms with E-state index in [2.05, 4.69) is 0 Å². The molecule has 3 nitrogen and oxygen atoms in total. The van der Waals surface area contributed by atoms with Crippen molar-refractivity contribution in [3.8, 4) is 0 Å². The Labute approximate surface area is 74.5 Å². The summed E-state index contributed by atoms with van der Waals surface area (Å²) in [5.74, 6) is -0.833. The molecule has 0 radical (unpaired) electrons. The van der Waals surface area contributed by atoms with E-state index in [1.54, 1.807) is 0 Å². The Bertz CT molecular complexity index is 35.9. The molecule has 40 valence electrons. The summed E-state index contributed by atoms with van der Waals surface area (Å²) >= 11 is 0. The third-order valence-corrected chi connectivity index (χ3v) is 0. The van der Waals surface area contributed by atoms with Crippen LogP contribution in [-0.4, -0.2) is 16.6 Å². The van der Waals surface area contributed by atoms with Gasteiger partial charge in [-0.15, -0.1) is 0 Å². The first kappa shape index (κ1) is 24.6. The number of aliphatic carboxylic acids is 1. The van der Waals surface area contributed by atoms with Gasteiger partial charge in [0.15, 0.2) is 0 Å². The van der Waals surface area contributed by atoms with Gasteiger partial charge in [-0.2, -0.15) is 0 Å². The fourth-order valence-electron chi connectivity index (χ4n) is 0. The zero-order valence-electron chi connectivity index (χ0n) is 4.16. The van der Waals surface area contributed by atoms with Crippen molar-refractivity contribution in [2.45, 2.75) is 6.92 Å². The molecule has 0 fully saturated rings. The van der Waals surface area contributed by atoms with E-state index in [0.29, 0.717) is 0 Å². The Hall–Kier alpha value is 0.949. The zero-order valence-corrected chi connectivity index (χ0v) is 7.26. The molecule has 0 aromatic heterocycles. The second kappa shape index (κ2) is 15.8. The Morgan fingerprint density at radius 2 is 1.57 bits per heavy atom. The molecule has 0 aromatic rings. The van der Waals surface area contributed by atoms with Crippen LogP contribution in [0.4, 0.5) is 0 Å². The van der Waals surface area contributed by atoms with Crippen LogP contribution >= 0.6 is 0 Å². The van der Waals surface area contributed by atoms with Gasteiger partial charge in [-0.25, -0.2) is 0 Å². The molecule has 0 rings (SSSR count). The van der Waals surface area contributed by atoms with E-state index in [4.69, 9.17) is 9.90 Å². The molecule has 0 spiro atoms. The van der Waals surface area contributed by atoms with Gasteiger partial charge in [0, 0.05) is 24.0 Å². The topological polar surface area (TPSA) is 67.3 Å². The first-order valence-electron chi connectivity index (χ1n) is 0.928. The van der Waals surface area contributed by atoms with Gasteiger partial charge < -0.3 is 10.6 Å². The van der Waals surface area contributed by atoms with Gasteiger partial charge in [-0.1, -0.05) is 0 Å². The minimum atomic E-state index is -0.833. The summed E-state index contributed by atoms with van der Waals surface area (Å²) in [6.07, 6.45) is 0. The third-order valence-electron chi connectivity index (χ3n) is 0. The molecule has 0 aromatic carbocycles. The minimum absolute atomic E-state index is 0. The van der Waals surface area contributed by atoms with Crippen LogP contribution in [0.15, 0.2) is 0 Å². The van der Waals surface area contributed by atoms with Gasteiger partial charge in [-0.3, -0.25) is 4.79 Å². The molecule has 0 heterocycles. The van der Waals surface area contributed by atoms with Crippen molar-refractivity contribution in [3.05, 3.63) is 0 Å². The van der Waals surface area contributed by atoms with Crippen LogP contribution in [0.2, 0.25) is 0 Å². The molecule has 0 aliphatic heterocycles. The molecule has 7 heavy (non-hydrogen) atoms. The second-order valence-electron chi connectivity index (χ2n) is 0.519. The average Bonchev–Trinajstić information content (AvgIpc) is 0.811. The molecule has 0 atom stereocenters.